The van der Waals surface area contributed by atoms with Crippen molar-refractivity contribution in [2.75, 3.05) is 0 Å². The number of halogens is 2. The van der Waals surface area contributed by atoms with Crippen LogP contribution in [0.5, 0.6) is 0 Å². The van der Waals surface area contributed by atoms with Crippen molar-refractivity contribution in [3.8, 4) is 5.69 Å². The molecule has 1 aromatic heterocycles. The standard InChI is InChI=1S/C16H14BrClN2/c1-10-6-7-12(17)8-14(10)20-15(9-18)19-13-5-3-4-11(2)16(13)20/h3-8H,9H2,1-2H3. The second kappa shape index (κ2) is 5.23. The Morgan fingerprint density at radius 2 is 1.95 bits per heavy atom. The molecule has 3 rings (SSSR count). The fraction of sp³-hybridized carbons (Fsp3) is 0.188. The lowest BCUT2D eigenvalue weighted by Crippen LogP contribution is -2.02. The van der Waals surface area contributed by atoms with Gasteiger partial charge in [-0.2, -0.15) is 0 Å². The highest BCUT2D eigenvalue weighted by atomic mass is 79.9. The van der Waals surface area contributed by atoms with Crippen LogP contribution in [0.25, 0.3) is 16.7 Å². The minimum absolute atomic E-state index is 0.389. The lowest BCUT2D eigenvalue weighted by molar-refractivity contribution is 0.968. The summed E-state index contributed by atoms with van der Waals surface area (Å²) in [6.45, 7) is 4.20. The zero-order valence-corrected chi connectivity index (χ0v) is 13.7. The molecule has 0 fully saturated rings. The normalized spacial score (nSPS) is 11.2. The minimum atomic E-state index is 0.389. The number of benzene rings is 2. The number of nitrogens with zero attached hydrogens (tertiary/aromatic N) is 2. The second-order valence-corrected chi connectivity index (χ2v) is 6.05. The SMILES string of the molecule is Cc1ccc(Br)cc1-n1c(CCl)nc2cccc(C)c21. The van der Waals surface area contributed by atoms with E-state index >= 15 is 0 Å². The zero-order valence-electron chi connectivity index (χ0n) is 11.3. The third kappa shape index (κ3) is 2.15. The van der Waals surface area contributed by atoms with Crippen LogP contribution >= 0.6 is 27.5 Å². The third-order valence-electron chi connectivity index (χ3n) is 3.48. The Kier molecular flexibility index (Phi) is 3.57. The van der Waals surface area contributed by atoms with Crippen molar-refractivity contribution in [1.29, 1.82) is 0 Å². The molecule has 20 heavy (non-hydrogen) atoms. The molecule has 0 saturated heterocycles. The van der Waals surface area contributed by atoms with Crippen molar-refractivity contribution in [1.82, 2.24) is 9.55 Å². The number of rotatable bonds is 2. The predicted molar refractivity (Wildman–Crippen MR) is 87.8 cm³/mol. The number of hydrogen-bond acceptors (Lipinski definition) is 1. The summed E-state index contributed by atoms with van der Waals surface area (Å²) in [6, 6.07) is 12.4. The molecule has 2 aromatic carbocycles. The first-order valence-electron chi connectivity index (χ1n) is 6.41. The smallest absolute Gasteiger partial charge is 0.129 e. The molecule has 2 nitrogen and oxygen atoms in total. The summed E-state index contributed by atoms with van der Waals surface area (Å²) < 4.78 is 3.21. The molecule has 0 aliphatic carbocycles. The van der Waals surface area contributed by atoms with E-state index in [0.29, 0.717) is 5.88 Å². The van der Waals surface area contributed by atoms with E-state index in [-0.39, 0.29) is 0 Å². The molecule has 0 radical (unpaired) electrons. The monoisotopic (exact) mass is 348 g/mol. The van der Waals surface area contributed by atoms with Gasteiger partial charge in [-0.1, -0.05) is 34.1 Å². The van der Waals surface area contributed by atoms with Crippen molar-refractivity contribution in [2.24, 2.45) is 0 Å². The maximum Gasteiger partial charge on any atom is 0.129 e. The summed E-state index contributed by atoms with van der Waals surface area (Å²) in [5.74, 6) is 1.26. The first kappa shape index (κ1) is 13.7. The number of aromatic nitrogens is 2. The van der Waals surface area contributed by atoms with Crippen molar-refractivity contribution >= 4 is 38.6 Å². The maximum absolute atomic E-state index is 6.10. The third-order valence-corrected chi connectivity index (χ3v) is 4.21. The first-order valence-corrected chi connectivity index (χ1v) is 7.74. The van der Waals surface area contributed by atoms with Crippen molar-refractivity contribution < 1.29 is 0 Å². The molecule has 0 saturated carbocycles. The molecule has 3 aromatic rings. The van der Waals surface area contributed by atoms with Crippen LogP contribution in [-0.2, 0) is 5.88 Å². The van der Waals surface area contributed by atoms with Gasteiger partial charge in [0, 0.05) is 4.47 Å². The van der Waals surface area contributed by atoms with Gasteiger partial charge in [0.2, 0.25) is 0 Å². The number of hydrogen-bond donors (Lipinski definition) is 0. The Labute approximate surface area is 131 Å². The van der Waals surface area contributed by atoms with Gasteiger partial charge in [0.05, 0.1) is 22.6 Å². The summed E-state index contributed by atoms with van der Waals surface area (Å²) in [6.07, 6.45) is 0. The quantitative estimate of drug-likeness (QED) is 0.585. The van der Waals surface area contributed by atoms with Crippen molar-refractivity contribution in [3.05, 3.63) is 57.8 Å². The van der Waals surface area contributed by atoms with Gasteiger partial charge in [0.25, 0.3) is 0 Å². The van der Waals surface area contributed by atoms with Crippen LogP contribution in [0.1, 0.15) is 17.0 Å². The average molecular weight is 350 g/mol. The highest BCUT2D eigenvalue weighted by Gasteiger charge is 2.15. The molecule has 0 unspecified atom stereocenters. The molecule has 0 spiro atoms. The van der Waals surface area contributed by atoms with Gasteiger partial charge in [-0.15, -0.1) is 11.6 Å². The largest absolute Gasteiger partial charge is 0.295 e. The Balaban J connectivity index is 2.42. The fourth-order valence-electron chi connectivity index (χ4n) is 2.52. The number of aryl methyl sites for hydroxylation is 2. The Bertz CT molecular complexity index is 793. The van der Waals surface area contributed by atoms with Crippen LogP contribution in [0.15, 0.2) is 40.9 Å². The van der Waals surface area contributed by atoms with Crippen LogP contribution in [0, 0.1) is 13.8 Å². The molecule has 4 heteroatoms. The van der Waals surface area contributed by atoms with E-state index in [9.17, 15) is 0 Å². The van der Waals surface area contributed by atoms with Gasteiger partial charge in [0.1, 0.15) is 5.82 Å². The van der Waals surface area contributed by atoms with E-state index in [1.54, 1.807) is 0 Å². The molecular weight excluding hydrogens is 336 g/mol. The van der Waals surface area contributed by atoms with Gasteiger partial charge in [-0.3, -0.25) is 4.57 Å². The molecule has 0 aliphatic heterocycles. The average Bonchev–Trinajstić information content (AvgIpc) is 2.81. The van der Waals surface area contributed by atoms with E-state index in [4.69, 9.17) is 11.6 Å². The topological polar surface area (TPSA) is 17.8 Å². The van der Waals surface area contributed by atoms with Crippen LogP contribution < -0.4 is 0 Å². The molecule has 0 atom stereocenters. The van der Waals surface area contributed by atoms with Crippen LogP contribution in [-0.4, -0.2) is 9.55 Å². The summed E-state index contributed by atoms with van der Waals surface area (Å²) in [4.78, 5) is 4.65. The summed E-state index contributed by atoms with van der Waals surface area (Å²) in [7, 11) is 0. The maximum atomic E-state index is 6.10. The number of para-hydroxylation sites is 1. The van der Waals surface area contributed by atoms with E-state index in [1.165, 1.54) is 11.1 Å². The Morgan fingerprint density at radius 1 is 1.15 bits per heavy atom. The minimum Gasteiger partial charge on any atom is -0.295 e. The Morgan fingerprint density at radius 3 is 2.70 bits per heavy atom. The lowest BCUT2D eigenvalue weighted by Gasteiger charge is -2.12. The molecule has 0 bridgehead atoms. The van der Waals surface area contributed by atoms with E-state index < -0.39 is 0 Å². The molecular formula is C16H14BrClN2. The van der Waals surface area contributed by atoms with Gasteiger partial charge in [-0.25, -0.2) is 4.98 Å². The van der Waals surface area contributed by atoms with Crippen LogP contribution in [0.3, 0.4) is 0 Å². The highest BCUT2D eigenvalue weighted by Crippen LogP contribution is 2.28. The number of imidazole rings is 1. The molecule has 1 heterocycles. The Hall–Kier alpha value is -1.32. The molecule has 102 valence electrons. The van der Waals surface area contributed by atoms with E-state index in [2.05, 4.69) is 57.5 Å². The predicted octanol–water partition coefficient (Wildman–Crippen LogP) is 5.14. The van der Waals surface area contributed by atoms with Crippen LogP contribution in [0.4, 0.5) is 0 Å². The fourth-order valence-corrected chi connectivity index (χ4v) is 3.04. The summed E-state index contributed by atoms with van der Waals surface area (Å²) in [5, 5.41) is 0. The van der Waals surface area contributed by atoms with Gasteiger partial charge in [-0.05, 0) is 43.2 Å². The van der Waals surface area contributed by atoms with Gasteiger partial charge in [0.15, 0.2) is 0 Å². The molecule has 0 N–H and O–H groups in total. The summed E-state index contributed by atoms with van der Waals surface area (Å²) >= 11 is 9.65. The first-order chi connectivity index (χ1) is 9.61. The van der Waals surface area contributed by atoms with Crippen molar-refractivity contribution in [2.45, 2.75) is 19.7 Å². The van der Waals surface area contributed by atoms with Crippen molar-refractivity contribution in [3.63, 3.8) is 0 Å². The highest BCUT2D eigenvalue weighted by molar-refractivity contribution is 9.10. The van der Waals surface area contributed by atoms with E-state index in [1.807, 2.05) is 18.2 Å². The van der Waals surface area contributed by atoms with Crippen LogP contribution in [0.2, 0.25) is 0 Å². The number of alkyl halides is 1. The van der Waals surface area contributed by atoms with Gasteiger partial charge >= 0.3 is 0 Å². The second-order valence-electron chi connectivity index (χ2n) is 4.87. The molecule has 0 amide bonds. The zero-order chi connectivity index (χ0) is 14.3. The lowest BCUT2D eigenvalue weighted by atomic mass is 10.1. The summed E-state index contributed by atoms with van der Waals surface area (Å²) in [5.41, 5.74) is 5.63. The number of fused-ring (bicyclic) bond motifs is 1. The van der Waals surface area contributed by atoms with Gasteiger partial charge < -0.3 is 0 Å². The molecule has 0 aliphatic rings. The van der Waals surface area contributed by atoms with E-state index in [0.717, 1.165) is 27.0 Å².